The predicted octanol–water partition coefficient (Wildman–Crippen LogP) is 9.49. The average Bonchev–Trinajstić information content (AvgIpc) is 3.06. The second kappa shape index (κ2) is 15.9. The molecule has 0 aliphatic heterocycles. The standard InChI is InChI=1S/C36H28F10O5/c1-49-32(48)3-2-14-50-27-11-4-21(5-12-27)19-34(23-7-9-25(37)10-8-23,20-31(47)22-6-13-30(39)29(15-22)35(42,43)44)24-16-26(38)18-28(17-24)51-36(45,46)33(40)41/h4-13,15-18,33H,2-3,14,19-20H2,1H3/t34-/m1/s1. The van der Waals surface area contributed by atoms with Crippen LogP contribution in [0.5, 0.6) is 11.5 Å². The highest BCUT2D eigenvalue weighted by atomic mass is 19.4. The quantitative estimate of drug-likeness (QED) is 0.0528. The van der Waals surface area contributed by atoms with Crippen LogP contribution in [0.3, 0.4) is 0 Å². The van der Waals surface area contributed by atoms with Gasteiger partial charge in [0.1, 0.15) is 29.0 Å². The van der Waals surface area contributed by atoms with Gasteiger partial charge in [0.15, 0.2) is 5.78 Å². The molecule has 0 spiro atoms. The minimum Gasteiger partial charge on any atom is -0.494 e. The third-order valence-electron chi connectivity index (χ3n) is 7.84. The molecule has 0 aromatic heterocycles. The molecule has 0 heterocycles. The van der Waals surface area contributed by atoms with Crippen LogP contribution in [0.2, 0.25) is 0 Å². The Morgan fingerprint density at radius 2 is 1.41 bits per heavy atom. The molecule has 0 unspecified atom stereocenters. The number of Topliss-reactive ketones (excluding diaryl/α,β-unsaturated/α-hetero) is 1. The monoisotopic (exact) mass is 730 g/mol. The number of methoxy groups -OCH3 is 1. The number of hydrogen-bond acceptors (Lipinski definition) is 5. The molecule has 0 aliphatic carbocycles. The average molecular weight is 731 g/mol. The molecule has 4 aromatic rings. The van der Waals surface area contributed by atoms with Crippen molar-refractivity contribution in [3.05, 3.63) is 130 Å². The van der Waals surface area contributed by atoms with E-state index in [1.807, 2.05) is 0 Å². The Hall–Kier alpha value is -5.08. The Morgan fingerprint density at radius 1 is 0.745 bits per heavy atom. The van der Waals surface area contributed by atoms with Crippen molar-refractivity contribution in [3.63, 3.8) is 0 Å². The zero-order valence-electron chi connectivity index (χ0n) is 26.5. The number of benzene rings is 4. The Morgan fingerprint density at radius 3 is 2.02 bits per heavy atom. The lowest BCUT2D eigenvalue weighted by molar-refractivity contribution is -0.253. The van der Waals surface area contributed by atoms with Crippen molar-refractivity contribution in [2.24, 2.45) is 0 Å². The summed E-state index contributed by atoms with van der Waals surface area (Å²) in [4.78, 5) is 25.2. The fourth-order valence-electron chi connectivity index (χ4n) is 5.36. The van der Waals surface area contributed by atoms with E-state index in [1.165, 1.54) is 43.5 Å². The van der Waals surface area contributed by atoms with Gasteiger partial charge < -0.3 is 14.2 Å². The number of alkyl halides is 7. The summed E-state index contributed by atoms with van der Waals surface area (Å²) in [6.45, 7) is 0.120. The summed E-state index contributed by atoms with van der Waals surface area (Å²) in [5.74, 6) is -5.95. The van der Waals surface area contributed by atoms with Gasteiger partial charge in [-0.15, -0.1) is 0 Å². The van der Waals surface area contributed by atoms with Crippen molar-refractivity contribution < 1.29 is 67.7 Å². The van der Waals surface area contributed by atoms with Gasteiger partial charge in [-0.3, -0.25) is 9.59 Å². The second-order valence-corrected chi connectivity index (χ2v) is 11.4. The molecule has 0 saturated carbocycles. The summed E-state index contributed by atoms with van der Waals surface area (Å²) in [5.41, 5.74) is -4.24. The summed E-state index contributed by atoms with van der Waals surface area (Å²) < 4.78 is 152. The van der Waals surface area contributed by atoms with Crippen molar-refractivity contribution in [2.75, 3.05) is 13.7 Å². The number of carbonyl (C=O) groups is 2. The molecular formula is C36H28F10O5. The summed E-state index contributed by atoms with van der Waals surface area (Å²) in [6.07, 6.45) is -15.4. The van der Waals surface area contributed by atoms with E-state index in [4.69, 9.17) is 4.74 Å². The lowest BCUT2D eigenvalue weighted by Gasteiger charge is -2.36. The largest absolute Gasteiger partial charge is 0.494 e. The molecule has 1 atom stereocenters. The van der Waals surface area contributed by atoms with Gasteiger partial charge in [-0.2, -0.15) is 30.7 Å². The highest BCUT2D eigenvalue weighted by Gasteiger charge is 2.45. The summed E-state index contributed by atoms with van der Waals surface area (Å²) in [5, 5.41) is 0. The Kier molecular flexibility index (Phi) is 12.0. The van der Waals surface area contributed by atoms with Crippen LogP contribution < -0.4 is 9.47 Å². The topological polar surface area (TPSA) is 61.8 Å². The highest BCUT2D eigenvalue weighted by Crippen LogP contribution is 2.43. The van der Waals surface area contributed by atoms with Crippen LogP contribution in [0.4, 0.5) is 43.9 Å². The lowest BCUT2D eigenvalue weighted by Crippen LogP contribution is -2.35. The van der Waals surface area contributed by atoms with E-state index in [2.05, 4.69) is 9.47 Å². The molecule has 0 amide bonds. The number of ether oxygens (including phenoxy) is 3. The number of hydrogen-bond donors (Lipinski definition) is 0. The Bertz CT molecular complexity index is 1830. The van der Waals surface area contributed by atoms with Crippen LogP contribution >= 0.6 is 0 Å². The molecule has 0 bridgehead atoms. The van der Waals surface area contributed by atoms with Gasteiger partial charge in [0, 0.05) is 29.9 Å². The van der Waals surface area contributed by atoms with Gasteiger partial charge in [-0.1, -0.05) is 24.3 Å². The van der Waals surface area contributed by atoms with E-state index >= 15 is 4.39 Å². The Labute approximate surface area is 284 Å². The SMILES string of the molecule is COC(=O)CCCOc1ccc(C[C@@](CC(=O)c2ccc(F)c(C(F)(F)F)c2)(c2ccc(F)cc2)c2cc(F)cc(OC(F)(F)C(F)F)c2)cc1. The normalized spacial score (nSPS) is 13.1. The molecule has 0 N–H and O–H groups in total. The van der Waals surface area contributed by atoms with Crippen molar-refractivity contribution >= 4 is 11.8 Å². The smallest absolute Gasteiger partial charge is 0.461 e. The molecule has 15 heteroatoms. The van der Waals surface area contributed by atoms with Gasteiger partial charge in [0.25, 0.3) is 0 Å². The van der Waals surface area contributed by atoms with Gasteiger partial charge in [0.2, 0.25) is 0 Å². The lowest BCUT2D eigenvalue weighted by atomic mass is 9.67. The van der Waals surface area contributed by atoms with Crippen molar-refractivity contribution in [1.82, 2.24) is 0 Å². The van der Waals surface area contributed by atoms with Crippen LogP contribution in [0.15, 0.2) is 84.9 Å². The molecule has 0 radical (unpaired) electrons. The van der Waals surface area contributed by atoms with Crippen LogP contribution in [0.1, 0.15) is 51.9 Å². The summed E-state index contributed by atoms with van der Waals surface area (Å²) in [6, 6.07) is 13.7. The van der Waals surface area contributed by atoms with Gasteiger partial charge in [-0.25, -0.2) is 13.2 Å². The van der Waals surface area contributed by atoms with E-state index in [0.29, 0.717) is 29.9 Å². The van der Waals surface area contributed by atoms with Crippen molar-refractivity contribution in [2.45, 2.75) is 49.8 Å². The first-order valence-corrected chi connectivity index (χ1v) is 15.0. The molecule has 5 nitrogen and oxygen atoms in total. The minimum absolute atomic E-state index is 0.0377. The number of carbonyl (C=O) groups excluding carboxylic acids is 2. The van der Waals surface area contributed by atoms with Crippen LogP contribution in [-0.2, 0) is 27.5 Å². The van der Waals surface area contributed by atoms with E-state index < -0.39 is 76.6 Å². The van der Waals surface area contributed by atoms with E-state index in [1.54, 1.807) is 0 Å². The molecule has 51 heavy (non-hydrogen) atoms. The molecule has 4 aromatic carbocycles. The first kappa shape index (κ1) is 38.7. The number of ketones is 1. The summed E-state index contributed by atoms with van der Waals surface area (Å²) in [7, 11) is 1.23. The minimum atomic E-state index is -5.19. The van der Waals surface area contributed by atoms with Crippen LogP contribution in [0.25, 0.3) is 0 Å². The zero-order valence-corrected chi connectivity index (χ0v) is 26.5. The summed E-state index contributed by atoms with van der Waals surface area (Å²) >= 11 is 0. The number of esters is 1. The number of rotatable bonds is 15. The molecule has 0 fully saturated rings. The van der Waals surface area contributed by atoms with E-state index in [0.717, 1.165) is 30.3 Å². The third-order valence-corrected chi connectivity index (χ3v) is 7.84. The maximum atomic E-state index is 15.1. The molecule has 0 aliphatic rings. The van der Waals surface area contributed by atoms with E-state index in [9.17, 15) is 49.1 Å². The molecule has 4 rings (SSSR count). The van der Waals surface area contributed by atoms with Crippen molar-refractivity contribution in [3.8, 4) is 11.5 Å². The first-order valence-electron chi connectivity index (χ1n) is 15.0. The maximum absolute atomic E-state index is 15.1. The van der Waals surface area contributed by atoms with Crippen LogP contribution in [0, 0.1) is 17.5 Å². The first-order chi connectivity index (χ1) is 23.9. The third kappa shape index (κ3) is 9.79. The maximum Gasteiger partial charge on any atom is 0.461 e. The highest BCUT2D eigenvalue weighted by molar-refractivity contribution is 5.97. The van der Waals surface area contributed by atoms with Gasteiger partial charge in [-0.05, 0) is 84.1 Å². The fourth-order valence-corrected chi connectivity index (χ4v) is 5.36. The van der Waals surface area contributed by atoms with Gasteiger partial charge >= 0.3 is 24.7 Å². The second-order valence-electron chi connectivity index (χ2n) is 11.4. The van der Waals surface area contributed by atoms with Crippen molar-refractivity contribution in [1.29, 1.82) is 0 Å². The predicted molar refractivity (Wildman–Crippen MR) is 162 cm³/mol. The molecular weight excluding hydrogens is 702 g/mol. The molecule has 0 saturated heterocycles. The molecule has 272 valence electrons. The fraction of sp³-hybridized carbons (Fsp3) is 0.278. The zero-order chi connectivity index (χ0) is 37.6. The Balaban J connectivity index is 1.86. The van der Waals surface area contributed by atoms with E-state index in [-0.39, 0.29) is 36.6 Å². The number of halogens is 10. The van der Waals surface area contributed by atoms with Gasteiger partial charge in [0.05, 0.1) is 19.3 Å². The van der Waals surface area contributed by atoms with Crippen LogP contribution in [-0.4, -0.2) is 38.0 Å².